The van der Waals surface area contributed by atoms with E-state index in [4.69, 9.17) is 13.9 Å². The second kappa shape index (κ2) is 10.2. The van der Waals surface area contributed by atoms with Crippen LogP contribution in [-0.2, 0) is 16.0 Å². The number of carboxylic acids is 1. The Balaban J connectivity index is 1.78. The molecule has 13 heteroatoms. The molecule has 1 fully saturated rings. The van der Waals surface area contributed by atoms with Crippen LogP contribution in [0.4, 0.5) is 0 Å². The Morgan fingerprint density at radius 1 is 0.973 bits per heavy atom. The number of aliphatic hydroxyl groups is 4. The van der Waals surface area contributed by atoms with Crippen LogP contribution in [0, 0.1) is 0 Å². The third-order valence-corrected chi connectivity index (χ3v) is 5.95. The van der Waals surface area contributed by atoms with Crippen LogP contribution in [0.15, 0.2) is 39.5 Å². The number of benzene rings is 2. The quantitative estimate of drug-likeness (QED) is 0.189. The van der Waals surface area contributed by atoms with Crippen LogP contribution in [0.25, 0.3) is 22.3 Å². The average Bonchev–Trinajstić information content (AvgIpc) is 2.85. The molecule has 8 N–H and O–H groups in total. The van der Waals surface area contributed by atoms with E-state index in [2.05, 4.69) is 0 Å². The number of aryl methyl sites for hydroxylation is 1. The second-order valence-electron chi connectivity index (χ2n) is 8.44. The summed E-state index contributed by atoms with van der Waals surface area (Å²) in [5.41, 5.74) is -0.0420. The molecule has 0 bridgehead atoms. The highest BCUT2D eigenvalue weighted by Crippen LogP contribution is 2.43. The van der Waals surface area contributed by atoms with Gasteiger partial charge in [-0.15, -0.1) is 0 Å². The summed E-state index contributed by atoms with van der Waals surface area (Å²) in [6.45, 7) is -0.117. The molecule has 3 aromatic rings. The zero-order valence-corrected chi connectivity index (χ0v) is 19.0. The topological polar surface area (TPSA) is 228 Å². The van der Waals surface area contributed by atoms with Crippen LogP contribution < -0.4 is 10.2 Å². The van der Waals surface area contributed by atoms with Gasteiger partial charge in [-0.25, -0.2) is 4.79 Å². The van der Waals surface area contributed by atoms with Gasteiger partial charge in [0.2, 0.25) is 12.0 Å². The zero-order chi connectivity index (χ0) is 27.0. The maximum Gasteiger partial charge on any atom is 0.335 e. The largest absolute Gasteiger partial charge is 0.508 e. The summed E-state index contributed by atoms with van der Waals surface area (Å²) < 4.78 is 16.1. The Hall–Kier alpha value is -3.88. The molecule has 1 aliphatic rings. The lowest BCUT2D eigenvalue weighted by molar-refractivity contribution is -0.271. The minimum absolute atomic E-state index is 0.0277. The number of carbonyl (C=O) groups is 1. The fourth-order valence-electron chi connectivity index (χ4n) is 4.06. The molecule has 1 saturated heterocycles. The van der Waals surface area contributed by atoms with Gasteiger partial charge in [-0.05, 0) is 36.6 Å². The molecule has 198 valence electrons. The Morgan fingerprint density at radius 3 is 2.38 bits per heavy atom. The lowest BCUT2D eigenvalue weighted by Gasteiger charge is -2.38. The average molecular weight is 520 g/mol. The third kappa shape index (κ3) is 4.90. The predicted molar refractivity (Wildman–Crippen MR) is 123 cm³/mol. The molecule has 0 unspecified atom stereocenters. The van der Waals surface area contributed by atoms with Crippen molar-refractivity contribution in [2.75, 3.05) is 6.61 Å². The summed E-state index contributed by atoms with van der Waals surface area (Å²) in [5.74, 6) is -4.15. The van der Waals surface area contributed by atoms with E-state index in [1.807, 2.05) is 0 Å². The van der Waals surface area contributed by atoms with Gasteiger partial charge in [0.1, 0.15) is 40.8 Å². The first kappa shape index (κ1) is 26.2. The van der Waals surface area contributed by atoms with E-state index in [1.165, 1.54) is 18.2 Å². The summed E-state index contributed by atoms with van der Waals surface area (Å²) in [5, 5.41) is 78.7. The summed E-state index contributed by atoms with van der Waals surface area (Å²) >= 11 is 0. The molecule has 5 atom stereocenters. The summed E-state index contributed by atoms with van der Waals surface area (Å²) in [6, 6.07) is 6.37. The first-order valence-electron chi connectivity index (χ1n) is 11.1. The molecule has 0 saturated carbocycles. The molecule has 13 nitrogen and oxygen atoms in total. The number of aliphatic hydroxyl groups excluding tert-OH is 4. The number of ether oxygens (including phenoxy) is 2. The number of hydrogen-bond acceptors (Lipinski definition) is 12. The number of aliphatic carboxylic acids is 1. The van der Waals surface area contributed by atoms with Gasteiger partial charge in [-0.3, -0.25) is 4.79 Å². The van der Waals surface area contributed by atoms with E-state index in [0.717, 1.165) is 12.1 Å². The number of aromatic hydroxyl groups is 3. The fourth-order valence-corrected chi connectivity index (χ4v) is 4.06. The molecule has 1 aromatic heterocycles. The lowest BCUT2D eigenvalue weighted by atomic mass is 9.99. The van der Waals surface area contributed by atoms with Crippen LogP contribution in [-0.4, -0.2) is 84.1 Å². The van der Waals surface area contributed by atoms with E-state index in [-0.39, 0.29) is 23.7 Å². The molecule has 2 heterocycles. The number of rotatable bonds is 7. The highest BCUT2D eigenvalue weighted by Gasteiger charge is 2.48. The van der Waals surface area contributed by atoms with E-state index in [9.17, 15) is 50.4 Å². The Bertz CT molecular complexity index is 1380. The maximum atomic E-state index is 12.8. The first-order chi connectivity index (χ1) is 17.5. The van der Waals surface area contributed by atoms with Gasteiger partial charge in [-0.2, -0.15) is 0 Å². The number of phenols is 3. The SMILES string of the molecule is O=C(O)[C@H]1O[C@@H](Oc2cc3oc(-c4ccc(O)cc4CCCO)cc(=O)c3c(O)c2O)[C@H](O)[C@@H](O)[C@@H]1O. The minimum atomic E-state index is -1.98. The van der Waals surface area contributed by atoms with E-state index < -0.39 is 64.7 Å². The Labute approximate surface area is 207 Å². The van der Waals surface area contributed by atoms with E-state index >= 15 is 0 Å². The van der Waals surface area contributed by atoms with Crippen LogP contribution in [0.2, 0.25) is 0 Å². The van der Waals surface area contributed by atoms with Gasteiger partial charge in [0.25, 0.3) is 0 Å². The molecular formula is C24H24O13. The maximum absolute atomic E-state index is 12.8. The van der Waals surface area contributed by atoms with Crippen molar-refractivity contribution in [1.29, 1.82) is 0 Å². The van der Waals surface area contributed by atoms with Crippen LogP contribution in [0.5, 0.6) is 23.0 Å². The van der Waals surface area contributed by atoms with Crippen molar-refractivity contribution in [1.82, 2.24) is 0 Å². The molecule has 0 aliphatic carbocycles. The second-order valence-corrected chi connectivity index (χ2v) is 8.44. The van der Waals surface area contributed by atoms with Crippen molar-refractivity contribution >= 4 is 16.9 Å². The van der Waals surface area contributed by atoms with Gasteiger partial charge in [0.05, 0.1) is 0 Å². The van der Waals surface area contributed by atoms with Crippen molar-refractivity contribution in [3.05, 3.63) is 46.1 Å². The molecule has 0 radical (unpaired) electrons. The number of fused-ring (bicyclic) bond motifs is 1. The summed E-state index contributed by atoms with van der Waals surface area (Å²) in [6.07, 6.45) is -9.08. The minimum Gasteiger partial charge on any atom is -0.508 e. The van der Waals surface area contributed by atoms with Crippen LogP contribution in [0.3, 0.4) is 0 Å². The lowest BCUT2D eigenvalue weighted by Crippen LogP contribution is -2.61. The Kier molecular flexibility index (Phi) is 7.25. The smallest absolute Gasteiger partial charge is 0.335 e. The van der Waals surface area contributed by atoms with E-state index in [0.29, 0.717) is 24.0 Å². The molecule has 37 heavy (non-hydrogen) atoms. The van der Waals surface area contributed by atoms with Gasteiger partial charge in [0.15, 0.2) is 23.0 Å². The van der Waals surface area contributed by atoms with Gasteiger partial charge < -0.3 is 54.7 Å². The highest BCUT2D eigenvalue weighted by atomic mass is 16.7. The van der Waals surface area contributed by atoms with Crippen molar-refractivity contribution in [3.63, 3.8) is 0 Å². The standard InChI is InChI=1S/C24H24O13/c25-5-1-2-9-6-10(26)3-4-11(9)13-7-12(27)16-14(35-13)8-15(17(28)18(16)29)36-24-21(32)19(30)20(31)22(37-24)23(33)34/h3-4,6-8,19-22,24-26,28-32H,1-2,5H2,(H,33,34)/t19-,20-,21+,22-,24+/m0/s1. The van der Waals surface area contributed by atoms with E-state index in [1.54, 1.807) is 0 Å². The van der Waals surface area contributed by atoms with Crippen molar-refractivity contribution in [3.8, 4) is 34.3 Å². The summed E-state index contributed by atoms with van der Waals surface area (Å²) in [7, 11) is 0. The summed E-state index contributed by atoms with van der Waals surface area (Å²) in [4.78, 5) is 24.2. The van der Waals surface area contributed by atoms with Gasteiger partial charge in [0, 0.05) is 24.3 Å². The molecule has 4 rings (SSSR count). The third-order valence-electron chi connectivity index (χ3n) is 5.95. The molecule has 0 amide bonds. The van der Waals surface area contributed by atoms with Gasteiger partial charge >= 0.3 is 5.97 Å². The van der Waals surface area contributed by atoms with Gasteiger partial charge in [-0.1, -0.05) is 0 Å². The predicted octanol–water partition coefficient (Wildman–Crippen LogP) is -0.227. The number of carboxylic acid groups (broad SMARTS) is 1. The van der Waals surface area contributed by atoms with Crippen molar-refractivity contribution < 1.29 is 59.5 Å². The molecule has 2 aromatic carbocycles. The molecule has 0 spiro atoms. The Morgan fingerprint density at radius 2 is 1.70 bits per heavy atom. The normalized spacial score (nSPS) is 23.7. The fraction of sp³-hybridized carbons (Fsp3) is 0.333. The first-order valence-corrected chi connectivity index (χ1v) is 11.1. The highest BCUT2D eigenvalue weighted by molar-refractivity contribution is 5.89. The van der Waals surface area contributed by atoms with Crippen LogP contribution >= 0.6 is 0 Å². The zero-order valence-electron chi connectivity index (χ0n) is 19.0. The van der Waals surface area contributed by atoms with Crippen molar-refractivity contribution in [2.45, 2.75) is 43.5 Å². The molecular weight excluding hydrogens is 496 g/mol. The monoisotopic (exact) mass is 520 g/mol. The number of phenolic OH excluding ortho intramolecular Hbond substituents is 3. The molecule has 1 aliphatic heterocycles. The van der Waals surface area contributed by atoms with Crippen molar-refractivity contribution in [2.24, 2.45) is 0 Å². The number of hydrogen-bond donors (Lipinski definition) is 8. The van der Waals surface area contributed by atoms with Crippen LogP contribution in [0.1, 0.15) is 12.0 Å².